The van der Waals surface area contributed by atoms with Gasteiger partial charge in [-0.2, -0.15) is 0 Å². The predicted molar refractivity (Wildman–Crippen MR) is 63.5 cm³/mol. The second kappa shape index (κ2) is 4.95. The lowest BCUT2D eigenvalue weighted by molar-refractivity contribution is -0.144. The number of hydrogen-bond acceptors (Lipinski definition) is 5. The van der Waals surface area contributed by atoms with Gasteiger partial charge in [0, 0.05) is 12.5 Å². The summed E-state index contributed by atoms with van der Waals surface area (Å²) >= 11 is 0. The van der Waals surface area contributed by atoms with Crippen molar-refractivity contribution in [3.63, 3.8) is 0 Å². The van der Waals surface area contributed by atoms with Crippen LogP contribution in [0.25, 0.3) is 11.1 Å². The van der Waals surface area contributed by atoms with Crippen LogP contribution in [0.15, 0.2) is 27.4 Å². The average Bonchev–Trinajstić information content (AvgIpc) is 2.65. The first-order valence-electron chi connectivity index (χ1n) is 5.56. The fourth-order valence-corrected chi connectivity index (χ4v) is 1.54. The lowest BCUT2D eigenvalue weighted by Crippen LogP contribution is -2.27. The molecule has 0 aliphatic rings. The highest BCUT2D eigenvalue weighted by molar-refractivity contribution is 5.76. The van der Waals surface area contributed by atoms with Gasteiger partial charge in [0.15, 0.2) is 5.58 Å². The van der Waals surface area contributed by atoms with E-state index in [1.165, 1.54) is 7.11 Å². The van der Waals surface area contributed by atoms with Gasteiger partial charge in [0.2, 0.25) is 0 Å². The number of hydrogen-bond donors (Lipinski definition) is 0. The molecule has 2 rings (SSSR count). The maximum absolute atomic E-state index is 11.6. The van der Waals surface area contributed by atoms with Crippen molar-refractivity contribution in [3.8, 4) is 5.75 Å². The smallest absolute Gasteiger partial charge is 0.453 e. The molecule has 0 amide bonds. The molecule has 0 atom stereocenters. The Hall–Kier alpha value is -2.24. The maximum atomic E-state index is 11.6. The number of rotatable bonds is 4. The van der Waals surface area contributed by atoms with Crippen LogP contribution in [0.1, 0.15) is 19.8 Å². The first kappa shape index (κ1) is 12.2. The highest BCUT2D eigenvalue weighted by Crippen LogP contribution is 2.19. The summed E-state index contributed by atoms with van der Waals surface area (Å²) in [5.41, 5.74) is 0.703. The molecule has 0 N–H and O–H groups in total. The van der Waals surface area contributed by atoms with Crippen molar-refractivity contribution in [3.05, 3.63) is 28.7 Å². The lowest BCUT2D eigenvalue weighted by Gasteiger charge is -2.02. The fourth-order valence-electron chi connectivity index (χ4n) is 1.54. The van der Waals surface area contributed by atoms with E-state index < -0.39 is 11.7 Å². The summed E-state index contributed by atoms with van der Waals surface area (Å²) in [6, 6.07) is 4.81. The molecular formula is C12H13NO5. The van der Waals surface area contributed by atoms with Gasteiger partial charge < -0.3 is 14.0 Å². The van der Waals surface area contributed by atoms with E-state index in [4.69, 9.17) is 14.0 Å². The Balaban J connectivity index is 2.41. The SMILES string of the molecule is CCCC(=O)On1c(=O)oc2cc(OC)ccc21. The van der Waals surface area contributed by atoms with Gasteiger partial charge >= 0.3 is 11.7 Å². The van der Waals surface area contributed by atoms with Crippen molar-refractivity contribution >= 4 is 17.1 Å². The molecule has 1 aromatic carbocycles. The maximum Gasteiger partial charge on any atom is 0.453 e. The van der Waals surface area contributed by atoms with Gasteiger partial charge in [-0.05, 0) is 18.6 Å². The van der Waals surface area contributed by atoms with Gasteiger partial charge in [-0.25, -0.2) is 9.59 Å². The number of carbonyl (C=O) groups excluding carboxylic acids is 1. The minimum atomic E-state index is -0.734. The molecule has 1 heterocycles. The van der Waals surface area contributed by atoms with E-state index in [1.807, 2.05) is 6.92 Å². The molecule has 0 saturated heterocycles. The molecule has 96 valence electrons. The second-order valence-corrected chi connectivity index (χ2v) is 3.71. The summed E-state index contributed by atoms with van der Waals surface area (Å²) in [6.07, 6.45) is 0.895. The van der Waals surface area contributed by atoms with Crippen LogP contribution in [-0.4, -0.2) is 17.8 Å². The van der Waals surface area contributed by atoms with Crippen LogP contribution in [0.5, 0.6) is 5.75 Å². The number of methoxy groups -OCH3 is 1. The Kier molecular flexibility index (Phi) is 3.36. The third kappa shape index (κ3) is 2.22. The van der Waals surface area contributed by atoms with Gasteiger partial charge in [0.1, 0.15) is 11.3 Å². The summed E-state index contributed by atoms with van der Waals surface area (Å²) in [6.45, 7) is 1.85. The Labute approximate surface area is 103 Å². The van der Waals surface area contributed by atoms with Gasteiger partial charge in [-0.15, -0.1) is 0 Å². The highest BCUT2D eigenvalue weighted by Gasteiger charge is 2.14. The zero-order chi connectivity index (χ0) is 13.1. The highest BCUT2D eigenvalue weighted by atomic mass is 16.7. The normalized spacial score (nSPS) is 10.6. The molecular weight excluding hydrogens is 238 g/mol. The standard InChI is InChI=1S/C12H13NO5/c1-3-4-11(14)18-13-9-6-5-8(16-2)7-10(9)17-12(13)15/h5-7H,3-4H2,1-2H3. The molecule has 18 heavy (non-hydrogen) atoms. The predicted octanol–water partition coefficient (Wildman–Crippen LogP) is 1.36. The molecule has 6 heteroatoms. The zero-order valence-corrected chi connectivity index (χ0v) is 10.1. The summed E-state index contributed by atoms with van der Waals surface area (Å²) in [5.74, 6) is -0.649. The lowest BCUT2D eigenvalue weighted by atomic mass is 10.3. The Morgan fingerprint density at radius 3 is 2.89 bits per heavy atom. The molecule has 0 saturated carbocycles. The van der Waals surface area contributed by atoms with Crippen molar-refractivity contribution in [1.29, 1.82) is 0 Å². The monoisotopic (exact) mass is 251 g/mol. The number of benzene rings is 1. The number of oxazole rings is 1. The van der Waals surface area contributed by atoms with Gasteiger partial charge in [0.25, 0.3) is 0 Å². The van der Waals surface area contributed by atoms with E-state index in [0.717, 1.165) is 4.73 Å². The number of carbonyl (C=O) groups is 1. The Morgan fingerprint density at radius 1 is 1.44 bits per heavy atom. The van der Waals surface area contributed by atoms with Crippen molar-refractivity contribution in [2.45, 2.75) is 19.8 Å². The molecule has 2 aromatic rings. The summed E-state index contributed by atoms with van der Waals surface area (Å²) < 4.78 is 10.8. The van der Waals surface area contributed by atoms with Crippen LogP contribution in [0, 0.1) is 0 Å². The van der Waals surface area contributed by atoms with Crippen molar-refractivity contribution in [2.75, 3.05) is 7.11 Å². The summed E-state index contributed by atoms with van der Waals surface area (Å²) in [4.78, 5) is 27.9. The van der Waals surface area contributed by atoms with E-state index in [-0.39, 0.29) is 6.42 Å². The topological polar surface area (TPSA) is 70.7 Å². The third-order valence-electron chi connectivity index (χ3n) is 2.40. The average molecular weight is 251 g/mol. The number of fused-ring (bicyclic) bond motifs is 1. The molecule has 6 nitrogen and oxygen atoms in total. The summed E-state index contributed by atoms with van der Waals surface area (Å²) in [5, 5.41) is 0. The molecule has 1 aromatic heterocycles. The van der Waals surface area contributed by atoms with Crippen LogP contribution < -0.4 is 15.3 Å². The fraction of sp³-hybridized carbons (Fsp3) is 0.333. The van der Waals surface area contributed by atoms with Gasteiger partial charge in [0.05, 0.1) is 7.11 Å². The zero-order valence-electron chi connectivity index (χ0n) is 10.1. The van der Waals surface area contributed by atoms with Gasteiger partial charge in [-0.1, -0.05) is 11.7 Å². The molecule has 0 aliphatic carbocycles. The van der Waals surface area contributed by atoms with Crippen LogP contribution >= 0.6 is 0 Å². The van der Waals surface area contributed by atoms with Crippen LogP contribution in [0.2, 0.25) is 0 Å². The van der Waals surface area contributed by atoms with Crippen LogP contribution in [0.4, 0.5) is 0 Å². The van der Waals surface area contributed by atoms with E-state index >= 15 is 0 Å². The molecule has 0 radical (unpaired) electrons. The number of aromatic nitrogens is 1. The first-order chi connectivity index (χ1) is 8.65. The van der Waals surface area contributed by atoms with E-state index in [2.05, 4.69) is 0 Å². The van der Waals surface area contributed by atoms with Crippen LogP contribution in [-0.2, 0) is 4.79 Å². The second-order valence-electron chi connectivity index (χ2n) is 3.71. The van der Waals surface area contributed by atoms with E-state index in [9.17, 15) is 9.59 Å². The number of nitrogens with zero attached hydrogens (tertiary/aromatic N) is 1. The quantitative estimate of drug-likeness (QED) is 0.820. The minimum Gasteiger partial charge on any atom is -0.497 e. The molecule has 0 bridgehead atoms. The van der Waals surface area contributed by atoms with E-state index in [0.29, 0.717) is 23.3 Å². The van der Waals surface area contributed by atoms with E-state index in [1.54, 1.807) is 18.2 Å². The summed E-state index contributed by atoms with van der Waals surface area (Å²) in [7, 11) is 1.51. The Morgan fingerprint density at radius 2 is 2.22 bits per heavy atom. The van der Waals surface area contributed by atoms with Gasteiger partial charge in [-0.3, -0.25) is 0 Å². The first-order valence-corrected chi connectivity index (χ1v) is 5.56. The molecule has 0 spiro atoms. The van der Waals surface area contributed by atoms with Crippen molar-refractivity contribution in [2.24, 2.45) is 0 Å². The Bertz CT molecular complexity index is 625. The minimum absolute atomic E-state index is 0.245. The molecule has 0 unspecified atom stereocenters. The van der Waals surface area contributed by atoms with Crippen LogP contribution in [0.3, 0.4) is 0 Å². The third-order valence-corrected chi connectivity index (χ3v) is 2.40. The largest absolute Gasteiger partial charge is 0.497 e. The van der Waals surface area contributed by atoms with Crippen molar-refractivity contribution < 1.29 is 18.8 Å². The number of ether oxygens (including phenoxy) is 1. The molecule has 0 fully saturated rings. The van der Waals surface area contributed by atoms with Crippen molar-refractivity contribution in [1.82, 2.24) is 4.73 Å². The molecule has 0 aliphatic heterocycles.